The number of nitrogens with zero attached hydrogens (tertiary/aromatic N) is 1. The molecular formula is C16H21NO3. The van der Waals surface area contributed by atoms with Crippen LogP contribution in [0.3, 0.4) is 0 Å². The molecule has 2 N–H and O–H groups in total. The summed E-state index contributed by atoms with van der Waals surface area (Å²) in [5, 5.41) is 23.2. The summed E-state index contributed by atoms with van der Waals surface area (Å²) in [4.78, 5) is 0. The molecule has 1 fully saturated rings. The number of phenolic OH excluding ortho intramolecular Hbond substituents is 1. The molecule has 1 aliphatic carbocycles. The molecule has 0 aromatic heterocycles. The van der Waals surface area contributed by atoms with Crippen LogP contribution < -0.4 is 4.74 Å². The van der Waals surface area contributed by atoms with Crippen LogP contribution in [0.25, 0.3) is 0 Å². The highest BCUT2D eigenvalue weighted by Crippen LogP contribution is 2.48. The van der Waals surface area contributed by atoms with Crippen LogP contribution in [-0.2, 0) is 12.8 Å². The summed E-state index contributed by atoms with van der Waals surface area (Å²) < 4.78 is 6.22. The number of fused-ring (bicyclic) bond motifs is 1. The molecule has 3 rings (SSSR count). The maximum Gasteiger partial charge on any atom is 0.130 e. The van der Waals surface area contributed by atoms with Crippen LogP contribution in [0, 0.1) is 0 Å². The Morgan fingerprint density at radius 1 is 1.30 bits per heavy atom. The van der Waals surface area contributed by atoms with Gasteiger partial charge in [-0.3, -0.25) is 0 Å². The van der Waals surface area contributed by atoms with E-state index in [9.17, 15) is 10.3 Å². The van der Waals surface area contributed by atoms with Gasteiger partial charge >= 0.3 is 0 Å². The van der Waals surface area contributed by atoms with Crippen molar-refractivity contribution < 1.29 is 15.1 Å². The van der Waals surface area contributed by atoms with Gasteiger partial charge in [-0.2, -0.15) is 0 Å². The second kappa shape index (κ2) is 4.69. The van der Waals surface area contributed by atoms with Gasteiger partial charge in [0.1, 0.15) is 17.1 Å². The monoisotopic (exact) mass is 275 g/mol. The molecule has 0 radical (unpaired) electrons. The molecule has 1 aliphatic heterocycles. The summed E-state index contributed by atoms with van der Waals surface area (Å²) >= 11 is 0. The first-order valence-electron chi connectivity index (χ1n) is 7.42. The van der Waals surface area contributed by atoms with Crippen molar-refractivity contribution in [1.82, 2.24) is 0 Å². The first-order valence-corrected chi connectivity index (χ1v) is 7.42. The van der Waals surface area contributed by atoms with Crippen molar-refractivity contribution in [3.63, 3.8) is 0 Å². The zero-order chi connectivity index (χ0) is 14.3. The van der Waals surface area contributed by atoms with E-state index in [1.165, 1.54) is 0 Å². The molecule has 4 nitrogen and oxygen atoms in total. The van der Waals surface area contributed by atoms with E-state index in [2.05, 4.69) is 5.16 Å². The summed E-state index contributed by atoms with van der Waals surface area (Å²) in [6.07, 6.45) is 5.26. The van der Waals surface area contributed by atoms with Gasteiger partial charge in [0.05, 0.1) is 5.71 Å². The molecule has 0 unspecified atom stereocenters. The molecule has 0 bridgehead atoms. The highest BCUT2D eigenvalue weighted by atomic mass is 16.5. The summed E-state index contributed by atoms with van der Waals surface area (Å²) in [6, 6.07) is 1.91. The molecule has 0 atom stereocenters. The standard InChI is InChI=1S/C16H21NO3/c1-3-10-8-13-14(11(4-2)15(10)18)12(17-19)9-16(20-13)6-5-7-16/h8,18-19H,3-7,9H2,1-2H3/b17-12+. The predicted octanol–water partition coefficient (Wildman–Crippen LogP) is 3.40. The van der Waals surface area contributed by atoms with E-state index in [1.54, 1.807) is 0 Å². The van der Waals surface area contributed by atoms with Gasteiger partial charge in [0.15, 0.2) is 0 Å². The number of rotatable bonds is 2. The highest BCUT2D eigenvalue weighted by molar-refractivity contribution is 6.06. The van der Waals surface area contributed by atoms with Crippen molar-refractivity contribution in [2.75, 3.05) is 0 Å². The zero-order valence-corrected chi connectivity index (χ0v) is 12.1. The van der Waals surface area contributed by atoms with E-state index < -0.39 is 0 Å². The number of aryl methyl sites for hydroxylation is 1. The SMILES string of the molecule is CCc1cc2c(c(CC)c1O)/C(=N/O)CC1(CCC1)O2. The minimum Gasteiger partial charge on any atom is -0.507 e. The largest absolute Gasteiger partial charge is 0.507 e. The highest BCUT2D eigenvalue weighted by Gasteiger charge is 2.45. The van der Waals surface area contributed by atoms with Crippen molar-refractivity contribution in [3.05, 3.63) is 22.8 Å². The molecule has 1 aromatic carbocycles. The van der Waals surface area contributed by atoms with Gasteiger partial charge in [0, 0.05) is 17.5 Å². The fourth-order valence-corrected chi connectivity index (χ4v) is 3.37. The average Bonchev–Trinajstić information content (AvgIpc) is 2.44. The van der Waals surface area contributed by atoms with Gasteiger partial charge in [-0.1, -0.05) is 19.0 Å². The number of hydrogen-bond acceptors (Lipinski definition) is 4. The van der Waals surface area contributed by atoms with E-state index in [0.29, 0.717) is 24.3 Å². The van der Waals surface area contributed by atoms with Crippen molar-refractivity contribution in [2.45, 2.75) is 58.0 Å². The molecule has 2 aliphatic rings. The summed E-state index contributed by atoms with van der Waals surface area (Å²) in [5.74, 6) is 1.10. The van der Waals surface area contributed by atoms with Gasteiger partial charge in [-0.25, -0.2) is 0 Å². The van der Waals surface area contributed by atoms with E-state index in [1.807, 2.05) is 19.9 Å². The first kappa shape index (κ1) is 13.3. The fraction of sp³-hybridized carbons (Fsp3) is 0.562. The Kier molecular flexibility index (Phi) is 3.11. The third-order valence-electron chi connectivity index (χ3n) is 4.67. The smallest absolute Gasteiger partial charge is 0.130 e. The molecule has 1 saturated carbocycles. The minimum absolute atomic E-state index is 0.179. The molecule has 1 spiro atoms. The lowest BCUT2D eigenvalue weighted by atomic mass is 9.73. The number of benzene rings is 1. The number of aromatic hydroxyl groups is 1. The Hall–Kier alpha value is -1.71. The second-order valence-electron chi connectivity index (χ2n) is 5.81. The third-order valence-corrected chi connectivity index (χ3v) is 4.67. The molecule has 1 aromatic rings. The molecule has 20 heavy (non-hydrogen) atoms. The Balaban J connectivity index is 2.19. The van der Waals surface area contributed by atoms with E-state index in [0.717, 1.165) is 48.1 Å². The van der Waals surface area contributed by atoms with Crippen molar-refractivity contribution in [3.8, 4) is 11.5 Å². The molecule has 1 heterocycles. The van der Waals surface area contributed by atoms with Crippen LogP contribution in [-0.4, -0.2) is 21.6 Å². The van der Waals surface area contributed by atoms with E-state index >= 15 is 0 Å². The third kappa shape index (κ3) is 1.78. The molecule has 4 heteroatoms. The zero-order valence-electron chi connectivity index (χ0n) is 12.1. The maximum absolute atomic E-state index is 10.4. The normalized spacial score (nSPS) is 21.4. The predicted molar refractivity (Wildman–Crippen MR) is 77.0 cm³/mol. The average molecular weight is 275 g/mol. The lowest BCUT2D eigenvalue weighted by molar-refractivity contribution is -0.00568. The lowest BCUT2D eigenvalue weighted by Gasteiger charge is -2.45. The fourth-order valence-electron chi connectivity index (χ4n) is 3.37. The van der Waals surface area contributed by atoms with Crippen LogP contribution in [0.1, 0.15) is 56.2 Å². The summed E-state index contributed by atoms with van der Waals surface area (Å²) in [6.45, 7) is 4.02. The minimum atomic E-state index is -0.179. The lowest BCUT2D eigenvalue weighted by Crippen LogP contribution is -2.48. The van der Waals surface area contributed by atoms with Crippen LogP contribution >= 0.6 is 0 Å². The van der Waals surface area contributed by atoms with Gasteiger partial charge in [-0.15, -0.1) is 0 Å². The molecular weight excluding hydrogens is 254 g/mol. The Bertz CT molecular complexity index is 574. The Labute approximate surface area is 119 Å². The number of hydrogen-bond donors (Lipinski definition) is 2. The number of ether oxygens (including phenoxy) is 1. The first-order chi connectivity index (χ1) is 9.64. The number of oxime groups is 1. The molecule has 0 saturated heterocycles. The second-order valence-corrected chi connectivity index (χ2v) is 5.81. The maximum atomic E-state index is 10.4. The van der Waals surface area contributed by atoms with Crippen molar-refractivity contribution in [1.29, 1.82) is 0 Å². The van der Waals surface area contributed by atoms with Crippen LogP contribution in [0.4, 0.5) is 0 Å². The van der Waals surface area contributed by atoms with Gasteiger partial charge < -0.3 is 15.1 Å². The quantitative estimate of drug-likeness (QED) is 0.642. The van der Waals surface area contributed by atoms with Gasteiger partial charge in [0.25, 0.3) is 0 Å². The van der Waals surface area contributed by atoms with Crippen LogP contribution in [0.5, 0.6) is 11.5 Å². The molecule has 108 valence electrons. The summed E-state index contributed by atoms with van der Waals surface area (Å²) in [5.41, 5.74) is 3.00. The Morgan fingerprint density at radius 2 is 2.05 bits per heavy atom. The van der Waals surface area contributed by atoms with E-state index in [-0.39, 0.29) is 5.60 Å². The topological polar surface area (TPSA) is 62.1 Å². The summed E-state index contributed by atoms with van der Waals surface area (Å²) in [7, 11) is 0. The Morgan fingerprint density at radius 3 is 2.55 bits per heavy atom. The van der Waals surface area contributed by atoms with Gasteiger partial charge in [-0.05, 0) is 43.7 Å². The van der Waals surface area contributed by atoms with Crippen LogP contribution in [0.2, 0.25) is 0 Å². The van der Waals surface area contributed by atoms with Crippen molar-refractivity contribution >= 4 is 5.71 Å². The van der Waals surface area contributed by atoms with Crippen LogP contribution in [0.15, 0.2) is 11.2 Å². The van der Waals surface area contributed by atoms with E-state index in [4.69, 9.17) is 4.74 Å². The van der Waals surface area contributed by atoms with Crippen molar-refractivity contribution in [2.24, 2.45) is 5.16 Å². The van der Waals surface area contributed by atoms with Gasteiger partial charge in [0.2, 0.25) is 0 Å². The number of phenols is 1. The molecule has 0 amide bonds.